The van der Waals surface area contributed by atoms with E-state index >= 15 is 0 Å². The Kier molecular flexibility index (Phi) is 9.62. The fourth-order valence-corrected chi connectivity index (χ4v) is 3.55. The Balaban J connectivity index is 1.67. The second kappa shape index (κ2) is 13.1. The number of esters is 2. The van der Waals surface area contributed by atoms with E-state index in [0.717, 1.165) is 23.4 Å². The molecule has 1 atom stereocenters. The lowest BCUT2D eigenvalue weighted by atomic mass is 10.0. The molecule has 3 aromatic rings. The van der Waals surface area contributed by atoms with Crippen molar-refractivity contribution in [1.82, 2.24) is 4.90 Å². The zero-order chi connectivity index (χ0) is 24.2. The van der Waals surface area contributed by atoms with Gasteiger partial charge in [0.05, 0.1) is 5.92 Å². The van der Waals surface area contributed by atoms with Gasteiger partial charge in [0.15, 0.2) is 0 Å². The molecule has 0 bridgehead atoms. The summed E-state index contributed by atoms with van der Waals surface area (Å²) in [5.74, 6) is -0.973. The highest BCUT2D eigenvalue weighted by Crippen LogP contribution is 2.22. The van der Waals surface area contributed by atoms with E-state index < -0.39 is 17.9 Å². The van der Waals surface area contributed by atoms with Gasteiger partial charge in [-0.1, -0.05) is 91.0 Å². The molecule has 0 saturated heterocycles. The van der Waals surface area contributed by atoms with E-state index in [1.165, 1.54) is 12.5 Å². The van der Waals surface area contributed by atoms with Gasteiger partial charge in [0.1, 0.15) is 12.4 Å². The maximum absolute atomic E-state index is 12.6. The van der Waals surface area contributed by atoms with Crippen LogP contribution in [-0.4, -0.2) is 30.4 Å². The number of para-hydroxylation sites is 1. The number of ether oxygens (including phenoxy) is 2. The number of hydrogen-bond acceptors (Lipinski definition) is 5. The van der Waals surface area contributed by atoms with Gasteiger partial charge in [0.25, 0.3) is 0 Å². The predicted octanol–water partition coefficient (Wildman–Crippen LogP) is 5.51. The van der Waals surface area contributed by atoms with Crippen LogP contribution < -0.4 is 4.74 Å². The lowest BCUT2D eigenvalue weighted by Crippen LogP contribution is -2.25. The Morgan fingerprint density at radius 1 is 0.882 bits per heavy atom. The first-order valence-corrected chi connectivity index (χ1v) is 11.4. The smallest absolute Gasteiger partial charge is 0.320 e. The number of hydrogen-bond donors (Lipinski definition) is 0. The molecule has 0 aromatic heterocycles. The molecular weight excluding hydrogens is 426 g/mol. The minimum absolute atomic E-state index is 0.450. The van der Waals surface area contributed by atoms with Crippen LogP contribution in [0.15, 0.2) is 91.0 Å². The van der Waals surface area contributed by atoms with Crippen molar-refractivity contribution in [3.8, 4) is 5.75 Å². The molecular formula is C29H31NO4. The molecule has 0 N–H and O–H groups in total. The topological polar surface area (TPSA) is 55.8 Å². The summed E-state index contributed by atoms with van der Waals surface area (Å²) >= 11 is 0. The lowest BCUT2D eigenvalue weighted by molar-refractivity contribution is -0.160. The minimum atomic E-state index is -0.604. The number of rotatable bonds is 11. The van der Waals surface area contributed by atoms with Crippen molar-refractivity contribution in [3.63, 3.8) is 0 Å². The van der Waals surface area contributed by atoms with Gasteiger partial charge >= 0.3 is 11.9 Å². The number of nitrogens with zero attached hydrogens (tertiary/aromatic N) is 1. The Morgan fingerprint density at radius 2 is 1.50 bits per heavy atom. The molecule has 0 fully saturated rings. The van der Waals surface area contributed by atoms with E-state index in [4.69, 9.17) is 9.47 Å². The Bertz CT molecular complexity index is 1080. The van der Waals surface area contributed by atoms with Gasteiger partial charge < -0.3 is 14.4 Å². The monoisotopic (exact) mass is 457 g/mol. The van der Waals surface area contributed by atoms with Crippen molar-refractivity contribution in [1.29, 1.82) is 0 Å². The van der Waals surface area contributed by atoms with Crippen LogP contribution >= 0.6 is 0 Å². The molecule has 1 unspecified atom stereocenters. The predicted molar refractivity (Wildman–Crippen MR) is 134 cm³/mol. The number of carbonyl (C=O) groups is 2. The molecule has 0 amide bonds. The van der Waals surface area contributed by atoms with Gasteiger partial charge in [-0.15, -0.1) is 0 Å². The molecule has 0 radical (unpaired) electrons. The van der Waals surface area contributed by atoms with Crippen molar-refractivity contribution < 1.29 is 19.1 Å². The Morgan fingerprint density at radius 3 is 2.18 bits per heavy atom. The zero-order valence-corrected chi connectivity index (χ0v) is 19.7. The van der Waals surface area contributed by atoms with E-state index in [0.29, 0.717) is 19.6 Å². The van der Waals surface area contributed by atoms with Gasteiger partial charge in [-0.05, 0) is 37.2 Å². The number of carbonyl (C=O) groups excluding carboxylic acids is 2. The third kappa shape index (κ3) is 8.34. The first-order valence-electron chi connectivity index (χ1n) is 11.4. The van der Waals surface area contributed by atoms with Crippen LogP contribution in [0.5, 0.6) is 5.75 Å². The highest BCUT2D eigenvalue weighted by molar-refractivity contribution is 5.87. The molecule has 176 valence electrons. The average Bonchev–Trinajstić information content (AvgIpc) is 2.84. The van der Waals surface area contributed by atoms with Crippen LogP contribution in [-0.2, 0) is 27.5 Å². The van der Waals surface area contributed by atoms with Crippen LogP contribution in [0, 0.1) is 5.92 Å². The minimum Gasteiger partial charge on any atom is -0.488 e. The van der Waals surface area contributed by atoms with E-state index in [1.807, 2.05) is 85.9 Å². The largest absolute Gasteiger partial charge is 0.488 e. The molecule has 0 saturated carbocycles. The summed E-state index contributed by atoms with van der Waals surface area (Å²) in [6.45, 7) is 3.14. The van der Waals surface area contributed by atoms with Gasteiger partial charge in [-0.3, -0.25) is 9.59 Å². The summed E-state index contributed by atoms with van der Waals surface area (Å²) in [5.41, 5.74) is 3.13. The zero-order valence-electron chi connectivity index (χ0n) is 19.7. The first-order chi connectivity index (χ1) is 16.5. The van der Waals surface area contributed by atoms with Crippen molar-refractivity contribution in [2.75, 3.05) is 13.6 Å². The van der Waals surface area contributed by atoms with Crippen molar-refractivity contribution in [3.05, 3.63) is 108 Å². The molecule has 3 rings (SSSR count). The summed E-state index contributed by atoms with van der Waals surface area (Å²) in [5, 5.41) is 0. The summed E-state index contributed by atoms with van der Waals surface area (Å²) in [6.07, 6.45) is 4.19. The van der Waals surface area contributed by atoms with Crippen LogP contribution in [0.4, 0.5) is 0 Å². The number of benzene rings is 3. The maximum atomic E-state index is 12.6. The Labute approximate surface area is 201 Å². The maximum Gasteiger partial charge on any atom is 0.320 e. The van der Waals surface area contributed by atoms with Gasteiger partial charge in [0, 0.05) is 19.0 Å². The molecule has 0 spiro atoms. The van der Waals surface area contributed by atoms with Crippen molar-refractivity contribution >= 4 is 18.0 Å². The first kappa shape index (κ1) is 24.9. The SMILES string of the molecule is CC(=O)OC(=O)C(C=Cc1ccccc1OCc1ccccc1)CCN(C)Cc1ccccc1. The average molecular weight is 458 g/mol. The molecule has 0 aliphatic rings. The summed E-state index contributed by atoms with van der Waals surface area (Å²) in [6, 6.07) is 27.8. The van der Waals surface area contributed by atoms with Crippen LogP contribution in [0.1, 0.15) is 30.0 Å². The normalized spacial score (nSPS) is 12.0. The highest BCUT2D eigenvalue weighted by atomic mass is 16.6. The van der Waals surface area contributed by atoms with Crippen LogP contribution in [0.3, 0.4) is 0 Å². The lowest BCUT2D eigenvalue weighted by Gasteiger charge is -2.19. The fraction of sp³-hybridized carbons (Fsp3) is 0.241. The second-order valence-corrected chi connectivity index (χ2v) is 8.20. The molecule has 34 heavy (non-hydrogen) atoms. The molecule has 0 aliphatic carbocycles. The van der Waals surface area contributed by atoms with Crippen LogP contribution in [0.25, 0.3) is 6.08 Å². The summed E-state index contributed by atoms with van der Waals surface area (Å²) in [4.78, 5) is 26.1. The van der Waals surface area contributed by atoms with Crippen molar-refractivity contribution in [2.45, 2.75) is 26.5 Å². The standard InChI is InChI=1S/C29H31NO4/c1-23(31)34-29(32)27(19-20-30(2)21-24-11-5-3-6-12-24)18-17-26-15-9-10-16-28(26)33-22-25-13-7-4-8-14-25/h3-18,27H,19-22H2,1-2H3. The second-order valence-electron chi connectivity index (χ2n) is 8.20. The fourth-order valence-electron chi connectivity index (χ4n) is 3.55. The molecule has 5 heteroatoms. The summed E-state index contributed by atoms with van der Waals surface area (Å²) in [7, 11) is 2.01. The van der Waals surface area contributed by atoms with Gasteiger partial charge in [-0.2, -0.15) is 0 Å². The molecule has 5 nitrogen and oxygen atoms in total. The van der Waals surface area contributed by atoms with E-state index in [1.54, 1.807) is 6.08 Å². The third-order valence-electron chi connectivity index (χ3n) is 5.33. The van der Waals surface area contributed by atoms with E-state index in [-0.39, 0.29) is 0 Å². The van der Waals surface area contributed by atoms with Gasteiger partial charge in [0.2, 0.25) is 0 Å². The Hall–Kier alpha value is -3.70. The summed E-state index contributed by atoms with van der Waals surface area (Å²) < 4.78 is 10.9. The van der Waals surface area contributed by atoms with Crippen molar-refractivity contribution in [2.24, 2.45) is 5.92 Å². The molecule has 3 aromatic carbocycles. The molecule has 0 aliphatic heterocycles. The van der Waals surface area contributed by atoms with Crippen LogP contribution in [0.2, 0.25) is 0 Å². The molecule has 0 heterocycles. The van der Waals surface area contributed by atoms with E-state index in [9.17, 15) is 9.59 Å². The quantitative estimate of drug-likeness (QED) is 0.281. The van der Waals surface area contributed by atoms with Gasteiger partial charge in [-0.25, -0.2) is 0 Å². The highest BCUT2D eigenvalue weighted by Gasteiger charge is 2.20. The van der Waals surface area contributed by atoms with E-state index in [2.05, 4.69) is 17.0 Å². The third-order valence-corrected chi connectivity index (χ3v) is 5.33.